The first kappa shape index (κ1) is 27.3. The number of hydrogen-bond donors (Lipinski definition) is 0. The molecule has 220 valence electrons. The molecule has 2 aromatic heterocycles. The van der Waals surface area contributed by atoms with Crippen LogP contribution in [0.2, 0.25) is 0 Å². The molecule has 0 aliphatic carbocycles. The minimum Gasteiger partial charge on any atom is -0.208 e. The van der Waals surface area contributed by atoms with Gasteiger partial charge in [0.25, 0.3) is 0 Å². The Morgan fingerprint density at radius 1 is 0.298 bits per heavy atom. The van der Waals surface area contributed by atoms with Gasteiger partial charge in [-0.05, 0) is 33.5 Å². The molecule has 7 aromatic carbocycles. The lowest BCUT2D eigenvalue weighted by Crippen LogP contribution is -2.00. The molecule has 0 aliphatic heterocycles. The maximum Gasteiger partial charge on any atom is 0.164 e. The summed E-state index contributed by atoms with van der Waals surface area (Å²) in [7, 11) is 0. The summed E-state index contributed by atoms with van der Waals surface area (Å²) in [5.74, 6) is 1.98. The number of thiophene rings is 1. The third-order valence-corrected chi connectivity index (χ3v) is 9.99. The number of rotatable bonds is 5. The first-order chi connectivity index (χ1) is 23.3. The van der Waals surface area contributed by atoms with Crippen LogP contribution in [0.5, 0.6) is 0 Å². The van der Waals surface area contributed by atoms with Crippen molar-refractivity contribution in [3.63, 3.8) is 0 Å². The fourth-order valence-corrected chi connectivity index (χ4v) is 7.71. The van der Waals surface area contributed by atoms with Crippen LogP contribution in [0, 0.1) is 0 Å². The highest BCUT2D eigenvalue weighted by molar-refractivity contribution is 7.26. The molecule has 0 N–H and O–H groups in total. The lowest BCUT2D eigenvalue weighted by molar-refractivity contribution is 1.07. The molecule has 3 nitrogen and oxygen atoms in total. The van der Waals surface area contributed by atoms with Crippen molar-refractivity contribution >= 4 is 42.3 Å². The number of benzene rings is 7. The van der Waals surface area contributed by atoms with E-state index in [1.54, 1.807) is 0 Å². The van der Waals surface area contributed by atoms with Gasteiger partial charge in [-0.1, -0.05) is 158 Å². The van der Waals surface area contributed by atoms with Gasteiger partial charge in [-0.3, -0.25) is 0 Å². The summed E-state index contributed by atoms with van der Waals surface area (Å²) in [6.07, 6.45) is 0. The van der Waals surface area contributed by atoms with E-state index in [0.717, 1.165) is 22.3 Å². The minimum atomic E-state index is 0.654. The summed E-state index contributed by atoms with van der Waals surface area (Å²) in [6, 6.07) is 57.5. The van der Waals surface area contributed by atoms with Gasteiger partial charge in [-0.15, -0.1) is 11.3 Å². The molecule has 0 saturated heterocycles. The zero-order valence-electron chi connectivity index (χ0n) is 25.3. The van der Waals surface area contributed by atoms with Gasteiger partial charge >= 0.3 is 0 Å². The molecular weight excluding hydrogens is 591 g/mol. The number of aromatic nitrogens is 3. The van der Waals surface area contributed by atoms with Gasteiger partial charge in [0.2, 0.25) is 0 Å². The molecule has 4 heteroatoms. The predicted octanol–water partition coefficient (Wildman–Crippen LogP) is 11.7. The summed E-state index contributed by atoms with van der Waals surface area (Å²) in [5.41, 5.74) is 7.75. The lowest BCUT2D eigenvalue weighted by Gasteiger charge is -2.13. The number of nitrogens with zero attached hydrogens (tertiary/aromatic N) is 3. The zero-order valence-corrected chi connectivity index (χ0v) is 26.2. The third-order valence-electron chi connectivity index (χ3n) is 8.77. The Labute approximate surface area is 276 Å². The van der Waals surface area contributed by atoms with E-state index >= 15 is 0 Å². The Morgan fingerprint density at radius 3 is 1.40 bits per heavy atom. The fourth-order valence-electron chi connectivity index (χ4n) is 6.48. The summed E-state index contributed by atoms with van der Waals surface area (Å²) >= 11 is 1.87. The molecule has 0 bridgehead atoms. The van der Waals surface area contributed by atoms with Crippen LogP contribution in [-0.4, -0.2) is 15.0 Å². The Bertz CT molecular complexity index is 2500. The smallest absolute Gasteiger partial charge is 0.164 e. The minimum absolute atomic E-state index is 0.654. The molecule has 0 spiro atoms. The van der Waals surface area contributed by atoms with Gasteiger partial charge in [-0.25, -0.2) is 15.0 Å². The van der Waals surface area contributed by atoms with Gasteiger partial charge in [0.05, 0.1) is 0 Å². The molecule has 0 atom stereocenters. The lowest BCUT2D eigenvalue weighted by atomic mass is 9.91. The normalized spacial score (nSPS) is 11.4. The van der Waals surface area contributed by atoms with Crippen molar-refractivity contribution in [1.82, 2.24) is 15.0 Å². The van der Waals surface area contributed by atoms with E-state index in [2.05, 4.69) is 103 Å². The quantitative estimate of drug-likeness (QED) is 0.193. The van der Waals surface area contributed by atoms with Crippen LogP contribution in [0.1, 0.15) is 0 Å². The Morgan fingerprint density at radius 2 is 0.766 bits per heavy atom. The fraction of sp³-hybridized carbons (Fsp3) is 0. The van der Waals surface area contributed by atoms with Crippen LogP contribution in [0.25, 0.3) is 87.4 Å². The molecular formula is C43H27N3S. The van der Waals surface area contributed by atoms with Crippen LogP contribution in [0.15, 0.2) is 164 Å². The van der Waals surface area contributed by atoms with E-state index in [1.807, 2.05) is 72.0 Å². The van der Waals surface area contributed by atoms with Crippen LogP contribution >= 0.6 is 11.3 Å². The van der Waals surface area contributed by atoms with Crippen LogP contribution < -0.4 is 0 Å². The second-order valence-electron chi connectivity index (χ2n) is 11.6. The topological polar surface area (TPSA) is 38.7 Å². The van der Waals surface area contributed by atoms with Crippen molar-refractivity contribution in [2.75, 3.05) is 0 Å². The van der Waals surface area contributed by atoms with Crippen LogP contribution in [0.4, 0.5) is 0 Å². The Hall–Kier alpha value is -5.97. The molecule has 9 rings (SSSR count). The molecule has 0 fully saturated rings. The molecule has 0 saturated carbocycles. The van der Waals surface area contributed by atoms with E-state index in [4.69, 9.17) is 15.0 Å². The van der Waals surface area contributed by atoms with Crippen LogP contribution in [0.3, 0.4) is 0 Å². The first-order valence-electron chi connectivity index (χ1n) is 15.7. The maximum atomic E-state index is 4.92. The maximum absolute atomic E-state index is 4.92. The second kappa shape index (κ2) is 11.4. The van der Waals surface area contributed by atoms with Crippen molar-refractivity contribution < 1.29 is 0 Å². The van der Waals surface area contributed by atoms with E-state index in [9.17, 15) is 0 Å². The predicted molar refractivity (Wildman–Crippen MR) is 197 cm³/mol. The molecule has 47 heavy (non-hydrogen) atoms. The van der Waals surface area contributed by atoms with Crippen molar-refractivity contribution in [1.29, 1.82) is 0 Å². The van der Waals surface area contributed by atoms with Gasteiger partial charge in [-0.2, -0.15) is 0 Å². The summed E-state index contributed by atoms with van der Waals surface area (Å²) < 4.78 is 2.65. The van der Waals surface area contributed by atoms with Gasteiger partial charge in [0.1, 0.15) is 0 Å². The van der Waals surface area contributed by atoms with E-state index in [1.165, 1.54) is 47.6 Å². The molecule has 0 radical (unpaired) electrons. The van der Waals surface area contributed by atoms with Crippen molar-refractivity contribution in [2.45, 2.75) is 0 Å². The van der Waals surface area contributed by atoms with Crippen molar-refractivity contribution in [3.8, 4) is 56.4 Å². The monoisotopic (exact) mass is 617 g/mol. The van der Waals surface area contributed by atoms with E-state index < -0.39 is 0 Å². The van der Waals surface area contributed by atoms with Crippen molar-refractivity contribution in [2.24, 2.45) is 0 Å². The van der Waals surface area contributed by atoms with Crippen molar-refractivity contribution in [3.05, 3.63) is 164 Å². The average molecular weight is 618 g/mol. The summed E-state index contributed by atoms with van der Waals surface area (Å²) in [5, 5.41) is 5.11. The highest BCUT2D eigenvalue weighted by Gasteiger charge is 2.16. The second-order valence-corrected chi connectivity index (χ2v) is 12.7. The van der Waals surface area contributed by atoms with Gasteiger partial charge in [0, 0.05) is 42.4 Å². The largest absolute Gasteiger partial charge is 0.208 e. The SMILES string of the molecule is c1ccc(-c2nc(-c3ccccc3)nc(-c3ccc(-c4ccc(-c5cccc6c5sc5ccccc56)c5ccccc45)cc3)n2)cc1. The number of fused-ring (bicyclic) bond motifs is 4. The average Bonchev–Trinajstić information content (AvgIpc) is 3.54. The van der Waals surface area contributed by atoms with Gasteiger partial charge < -0.3 is 0 Å². The van der Waals surface area contributed by atoms with E-state index in [-0.39, 0.29) is 0 Å². The standard InChI is InChI=1S/C43H27N3S/c1-3-12-29(13-4-1)41-44-42(30-14-5-2-6-15-30)46-43(45-41)31-24-22-28(23-25-31)32-26-27-35(34-17-8-7-16-33(32)34)37-19-11-20-38-36-18-9-10-21-39(36)47-40(37)38/h1-27H. The van der Waals surface area contributed by atoms with Gasteiger partial charge in [0.15, 0.2) is 17.5 Å². The highest BCUT2D eigenvalue weighted by Crippen LogP contribution is 2.43. The Kier molecular flexibility index (Phi) is 6.65. The highest BCUT2D eigenvalue weighted by atomic mass is 32.1. The first-order valence-corrected chi connectivity index (χ1v) is 16.5. The number of hydrogen-bond acceptors (Lipinski definition) is 4. The summed E-state index contributed by atoms with van der Waals surface area (Å²) in [6.45, 7) is 0. The third kappa shape index (κ3) is 4.87. The molecule has 0 amide bonds. The van der Waals surface area contributed by atoms with Crippen LogP contribution in [-0.2, 0) is 0 Å². The molecule has 0 unspecified atom stereocenters. The zero-order chi connectivity index (χ0) is 31.2. The summed E-state index contributed by atoms with van der Waals surface area (Å²) in [4.78, 5) is 14.7. The molecule has 2 heterocycles. The Balaban J connectivity index is 1.14. The molecule has 9 aromatic rings. The van der Waals surface area contributed by atoms with E-state index in [0.29, 0.717) is 17.5 Å². The molecule has 0 aliphatic rings.